The Morgan fingerprint density at radius 2 is 1.71 bits per heavy atom. The Balaban J connectivity index is 1.49. The van der Waals surface area contributed by atoms with Crippen molar-refractivity contribution in [2.75, 3.05) is 34.8 Å². The highest BCUT2D eigenvalue weighted by atomic mass is 35.5. The zero-order valence-electron chi connectivity index (χ0n) is 27.0. The smallest absolute Gasteiger partial charge is 0.369 e. The zero-order chi connectivity index (χ0) is 35.2. The quantitative estimate of drug-likeness (QED) is 0.284. The van der Waals surface area contributed by atoms with E-state index in [1.807, 2.05) is 0 Å². The second-order valence-electron chi connectivity index (χ2n) is 13.2. The van der Waals surface area contributed by atoms with Crippen LogP contribution in [0.2, 0.25) is 10.0 Å². The molecule has 2 aromatic carbocycles. The minimum absolute atomic E-state index is 0.0631. The van der Waals surface area contributed by atoms with Crippen LogP contribution < -0.4 is 15.5 Å². The van der Waals surface area contributed by atoms with Crippen molar-refractivity contribution >= 4 is 78.9 Å². The van der Waals surface area contributed by atoms with Crippen molar-refractivity contribution in [2.45, 2.75) is 59.2 Å². The lowest BCUT2D eigenvalue weighted by Gasteiger charge is -2.30. The molecular weight excluding hydrogens is 692 g/mol. The predicted octanol–water partition coefficient (Wildman–Crippen LogP) is 6.85. The number of hydrogen-bond acceptors (Lipinski definition) is 7. The summed E-state index contributed by atoms with van der Waals surface area (Å²) in [4.78, 5) is 36.8. The second-order valence-corrected chi connectivity index (χ2v) is 16.3. The highest BCUT2D eigenvalue weighted by molar-refractivity contribution is 7.91. The number of aliphatic imine (C=N–C) groups is 1. The number of carbonyl (C=O) groups excluding carboxylic acids is 2. The number of carbonyl (C=O) groups is 2. The number of aromatic nitrogens is 2. The second kappa shape index (κ2) is 13.5. The van der Waals surface area contributed by atoms with Gasteiger partial charge in [-0.25, -0.2) is 18.4 Å². The van der Waals surface area contributed by atoms with Crippen LogP contribution in [0.1, 0.15) is 62.4 Å². The van der Waals surface area contributed by atoms with Crippen LogP contribution in [0.15, 0.2) is 29.3 Å². The molecule has 1 saturated carbocycles. The van der Waals surface area contributed by atoms with Crippen molar-refractivity contribution in [3.8, 4) is 0 Å². The molecule has 0 unspecified atom stereocenters. The summed E-state index contributed by atoms with van der Waals surface area (Å²) in [5, 5.41) is 6.63. The summed E-state index contributed by atoms with van der Waals surface area (Å²) >= 11 is 13.3. The van der Waals surface area contributed by atoms with E-state index in [0.717, 1.165) is 0 Å². The molecule has 1 aliphatic carbocycles. The number of nitrogens with zero attached hydrogens (tertiary/aromatic N) is 4. The predicted molar refractivity (Wildman–Crippen MR) is 182 cm³/mol. The summed E-state index contributed by atoms with van der Waals surface area (Å²) < 4.78 is 65.7. The Kier molecular flexibility index (Phi) is 10.1. The molecular formula is C32H37Cl2F3N6O4S. The fourth-order valence-corrected chi connectivity index (χ4v) is 7.45. The van der Waals surface area contributed by atoms with Crippen LogP contribution in [0.5, 0.6) is 0 Å². The summed E-state index contributed by atoms with van der Waals surface area (Å²) in [5.41, 5.74) is 2.45. The van der Waals surface area contributed by atoms with E-state index in [-0.39, 0.29) is 73.3 Å². The number of halogens is 5. The number of fused-ring (bicyclic) bond motifs is 1. The molecule has 2 amide bonds. The van der Waals surface area contributed by atoms with E-state index in [4.69, 9.17) is 23.2 Å². The molecule has 2 fully saturated rings. The number of sulfone groups is 1. The van der Waals surface area contributed by atoms with Crippen LogP contribution in [0, 0.1) is 11.3 Å². The standard InChI is InChI=1S/C32H37Cl2F3N6O4S/c1-31(2,3)29(45)38-17-18-5-10-22(33)27(26(18)34)41-30-40-23-15-21(28(44)39-20-8-6-19(7-9-20)32(35,36)37)24(16-25(23)42(30)4)43-11-13-48(46,47)14-12-43/h5,10,15-16,19H,6-9,11-14,17H2,1-4H3,(H,38,45)(H,40,41). The monoisotopic (exact) mass is 728 g/mol. The Morgan fingerprint density at radius 3 is 2.31 bits per heavy atom. The van der Waals surface area contributed by atoms with Crippen molar-refractivity contribution < 1.29 is 31.2 Å². The largest absolute Gasteiger partial charge is 0.391 e. The van der Waals surface area contributed by atoms with E-state index in [2.05, 4.69) is 20.6 Å². The number of rotatable bonds is 6. The molecule has 260 valence electrons. The number of nitrogens with one attached hydrogen (secondary N) is 2. The van der Waals surface area contributed by atoms with Gasteiger partial charge in [0.15, 0.2) is 9.84 Å². The Labute approximate surface area is 287 Å². The van der Waals surface area contributed by atoms with Gasteiger partial charge in [-0.3, -0.25) is 9.59 Å². The maximum absolute atomic E-state index is 13.6. The first-order valence-corrected chi connectivity index (χ1v) is 18.1. The van der Waals surface area contributed by atoms with Gasteiger partial charge in [-0.1, -0.05) is 50.0 Å². The third-order valence-corrected chi connectivity index (χ3v) is 11.1. The molecule has 1 aliphatic heterocycles. The minimum atomic E-state index is -4.29. The molecule has 16 heteroatoms. The van der Waals surface area contributed by atoms with E-state index in [1.54, 1.807) is 61.6 Å². The lowest BCUT2D eigenvalue weighted by Crippen LogP contribution is -2.41. The van der Waals surface area contributed by atoms with Crippen LogP contribution in [-0.4, -0.2) is 66.3 Å². The topological polar surface area (TPSA) is 126 Å². The van der Waals surface area contributed by atoms with E-state index < -0.39 is 33.3 Å². The van der Waals surface area contributed by atoms with Crippen LogP contribution in [-0.2, 0) is 28.2 Å². The number of anilines is 3. The molecule has 1 aromatic heterocycles. The Bertz CT molecular complexity index is 1880. The van der Waals surface area contributed by atoms with E-state index in [1.165, 1.54) is 0 Å². The first-order chi connectivity index (χ1) is 22.3. The molecule has 0 atom stereocenters. The van der Waals surface area contributed by atoms with Crippen molar-refractivity contribution in [1.29, 1.82) is 0 Å². The fourth-order valence-electron chi connectivity index (χ4n) is 5.72. The lowest BCUT2D eigenvalue weighted by atomic mass is 9.87. The highest BCUT2D eigenvalue weighted by Crippen LogP contribution is 2.39. The summed E-state index contributed by atoms with van der Waals surface area (Å²) in [6.45, 7) is 5.89. The zero-order valence-corrected chi connectivity index (χ0v) is 29.3. The maximum atomic E-state index is 13.6. The molecule has 10 nitrogen and oxygen atoms in total. The number of hydrogen-bond donors (Lipinski definition) is 2. The van der Waals surface area contributed by atoms with Crippen LogP contribution in [0.4, 0.5) is 30.5 Å². The number of alkyl halides is 3. The van der Waals surface area contributed by atoms with Crippen molar-refractivity contribution in [3.05, 3.63) is 45.4 Å². The van der Waals surface area contributed by atoms with Crippen molar-refractivity contribution in [2.24, 2.45) is 23.4 Å². The van der Waals surface area contributed by atoms with Crippen LogP contribution >= 0.6 is 23.2 Å². The average Bonchev–Trinajstić information content (AvgIpc) is 3.31. The lowest BCUT2D eigenvalue weighted by molar-refractivity contribution is -0.178. The first-order valence-electron chi connectivity index (χ1n) is 15.5. The summed E-state index contributed by atoms with van der Waals surface area (Å²) in [6.07, 6.45) is -4.42. The van der Waals surface area contributed by atoms with E-state index in [9.17, 15) is 31.2 Å². The number of imidazole rings is 1. The summed E-state index contributed by atoms with van der Waals surface area (Å²) in [5.74, 6) is -2.04. The number of aryl methyl sites for hydroxylation is 1. The minimum Gasteiger partial charge on any atom is -0.369 e. The number of benzene rings is 2. The van der Waals surface area contributed by atoms with Gasteiger partial charge < -0.3 is 20.1 Å². The third-order valence-electron chi connectivity index (χ3n) is 8.73. The van der Waals surface area contributed by atoms with Gasteiger partial charge in [0.1, 0.15) is 0 Å². The van der Waals surface area contributed by atoms with E-state index >= 15 is 0 Å². The molecule has 2 aliphatic rings. The molecule has 0 radical (unpaired) electrons. The van der Waals surface area contributed by atoms with Crippen molar-refractivity contribution in [1.82, 2.24) is 14.9 Å². The van der Waals surface area contributed by atoms with Crippen LogP contribution in [0.25, 0.3) is 11.0 Å². The normalized spacial score (nSPS) is 18.6. The van der Waals surface area contributed by atoms with Gasteiger partial charge in [0.25, 0.3) is 5.91 Å². The Hall–Kier alpha value is -3.36. The molecule has 3 aromatic rings. The van der Waals surface area contributed by atoms with Gasteiger partial charge in [0, 0.05) is 37.8 Å². The van der Waals surface area contributed by atoms with Gasteiger partial charge in [-0.05, 0) is 49.4 Å². The van der Waals surface area contributed by atoms with Gasteiger partial charge in [-0.15, -0.1) is 0 Å². The summed E-state index contributed by atoms with van der Waals surface area (Å²) in [6, 6.07) is 6.67. The van der Waals surface area contributed by atoms with Crippen molar-refractivity contribution in [3.63, 3.8) is 0 Å². The molecule has 2 heterocycles. The third kappa shape index (κ3) is 7.92. The molecule has 5 rings (SSSR count). The van der Waals surface area contributed by atoms with Gasteiger partial charge in [0.2, 0.25) is 11.9 Å². The first kappa shape index (κ1) is 35.9. The Morgan fingerprint density at radius 1 is 1.06 bits per heavy atom. The highest BCUT2D eigenvalue weighted by Gasteiger charge is 2.41. The van der Waals surface area contributed by atoms with E-state index in [0.29, 0.717) is 44.7 Å². The molecule has 0 bridgehead atoms. The molecule has 0 spiro atoms. The number of amides is 2. The molecule has 2 N–H and O–H groups in total. The van der Waals surface area contributed by atoms with Crippen LogP contribution in [0.3, 0.4) is 0 Å². The average molecular weight is 730 g/mol. The molecule has 1 saturated heterocycles. The molecule has 48 heavy (non-hydrogen) atoms. The van der Waals surface area contributed by atoms with Gasteiger partial charge in [-0.2, -0.15) is 13.2 Å². The van der Waals surface area contributed by atoms with Gasteiger partial charge in [0.05, 0.1) is 55.4 Å². The van der Waals surface area contributed by atoms with Gasteiger partial charge >= 0.3 is 6.18 Å². The SMILES string of the molecule is Cn1c(Nc2c(Cl)ccc(CNC(=O)C(C)(C)C)c2Cl)nc2cc(C(=O)N=C3CCC(C(F)(F)F)CC3)c(N3CCS(=O)(=O)CC3)cc21. The fraction of sp³-hybridized carbons (Fsp3) is 0.500. The maximum Gasteiger partial charge on any atom is 0.391 e. The summed E-state index contributed by atoms with van der Waals surface area (Å²) in [7, 11) is -1.48.